The molecule has 0 unspecified atom stereocenters. The highest BCUT2D eigenvalue weighted by atomic mass is 16.3. The second kappa shape index (κ2) is 5.52. The van der Waals surface area contributed by atoms with E-state index in [2.05, 4.69) is 10.3 Å². The van der Waals surface area contributed by atoms with E-state index in [9.17, 15) is 9.90 Å². The molecule has 0 fully saturated rings. The summed E-state index contributed by atoms with van der Waals surface area (Å²) in [5.41, 5.74) is 2.32. The molecule has 98 valence electrons. The van der Waals surface area contributed by atoms with Gasteiger partial charge in [0.05, 0.1) is 6.04 Å². The Bertz CT molecular complexity index is 579. The second-order valence-corrected chi connectivity index (χ2v) is 4.48. The molecule has 0 aliphatic carbocycles. The van der Waals surface area contributed by atoms with Crippen LogP contribution >= 0.6 is 0 Å². The van der Waals surface area contributed by atoms with E-state index in [4.69, 9.17) is 0 Å². The van der Waals surface area contributed by atoms with Crippen molar-refractivity contribution >= 4 is 5.91 Å². The standard InChI is InChI=1S/C15H16N2O2/c1-10-6-7-13(9-16-10)11(2)17-15(19)12-4-3-5-14(18)8-12/h3-9,11,18H,1-2H3,(H,17,19)/t11-/m1/s1. The number of amides is 1. The number of hydrogen-bond acceptors (Lipinski definition) is 3. The minimum atomic E-state index is -0.219. The minimum absolute atomic E-state index is 0.0808. The first-order valence-electron chi connectivity index (χ1n) is 6.08. The van der Waals surface area contributed by atoms with Gasteiger partial charge in [-0.25, -0.2) is 0 Å². The van der Waals surface area contributed by atoms with Crippen LogP contribution in [-0.2, 0) is 0 Å². The van der Waals surface area contributed by atoms with Crippen LogP contribution in [0.15, 0.2) is 42.6 Å². The molecule has 0 aliphatic heterocycles. The van der Waals surface area contributed by atoms with Crippen molar-refractivity contribution in [2.75, 3.05) is 0 Å². The van der Waals surface area contributed by atoms with Crippen LogP contribution in [0.3, 0.4) is 0 Å². The predicted molar refractivity (Wildman–Crippen MR) is 73.0 cm³/mol. The number of pyridine rings is 1. The maximum absolute atomic E-state index is 12.0. The number of nitrogens with one attached hydrogen (secondary N) is 1. The first-order chi connectivity index (χ1) is 9.06. The van der Waals surface area contributed by atoms with E-state index in [1.165, 1.54) is 12.1 Å². The molecule has 2 N–H and O–H groups in total. The van der Waals surface area contributed by atoms with Crippen LogP contribution in [-0.4, -0.2) is 16.0 Å². The third-order valence-corrected chi connectivity index (χ3v) is 2.89. The van der Waals surface area contributed by atoms with Gasteiger partial charge in [-0.2, -0.15) is 0 Å². The number of nitrogens with zero attached hydrogens (tertiary/aromatic N) is 1. The average Bonchev–Trinajstić information content (AvgIpc) is 2.39. The van der Waals surface area contributed by atoms with Gasteiger partial charge in [-0.1, -0.05) is 12.1 Å². The number of phenolic OH excluding ortho intramolecular Hbond substituents is 1. The number of carbonyl (C=O) groups excluding carboxylic acids is 1. The number of benzene rings is 1. The molecule has 1 amide bonds. The van der Waals surface area contributed by atoms with Gasteiger partial charge in [-0.15, -0.1) is 0 Å². The van der Waals surface area contributed by atoms with Gasteiger partial charge in [-0.05, 0) is 43.7 Å². The fraction of sp³-hybridized carbons (Fsp3) is 0.200. The Balaban J connectivity index is 2.08. The van der Waals surface area contributed by atoms with Gasteiger partial charge in [0.2, 0.25) is 0 Å². The molecule has 0 aliphatic rings. The highest BCUT2D eigenvalue weighted by Gasteiger charge is 2.11. The Morgan fingerprint density at radius 1 is 1.32 bits per heavy atom. The van der Waals surface area contributed by atoms with Crippen LogP contribution in [0, 0.1) is 6.92 Å². The van der Waals surface area contributed by atoms with Gasteiger partial charge in [0.15, 0.2) is 0 Å². The lowest BCUT2D eigenvalue weighted by atomic mass is 10.1. The molecule has 1 aromatic heterocycles. The lowest BCUT2D eigenvalue weighted by Gasteiger charge is -2.14. The molecule has 0 radical (unpaired) electrons. The zero-order chi connectivity index (χ0) is 13.8. The van der Waals surface area contributed by atoms with Crippen molar-refractivity contribution in [1.29, 1.82) is 0 Å². The van der Waals surface area contributed by atoms with Gasteiger partial charge >= 0.3 is 0 Å². The molecule has 1 atom stereocenters. The summed E-state index contributed by atoms with van der Waals surface area (Å²) in [7, 11) is 0. The molecule has 0 saturated heterocycles. The Morgan fingerprint density at radius 3 is 2.74 bits per heavy atom. The smallest absolute Gasteiger partial charge is 0.251 e. The van der Waals surface area contributed by atoms with Crippen molar-refractivity contribution < 1.29 is 9.90 Å². The van der Waals surface area contributed by atoms with Gasteiger partial charge in [-0.3, -0.25) is 9.78 Å². The second-order valence-electron chi connectivity index (χ2n) is 4.48. The summed E-state index contributed by atoms with van der Waals surface area (Å²) in [6, 6.07) is 9.99. The van der Waals surface area contributed by atoms with Crippen LogP contribution in [0.1, 0.15) is 34.6 Å². The van der Waals surface area contributed by atoms with Gasteiger partial charge < -0.3 is 10.4 Å². The van der Waals surface area contributed by atoms with Crippen molar-refractivity contribution in [3.8, 4) is 5.75 Å². The van der Waals surface area contributed by atoms with Gasteiger partial charge in [0.1, 0.15) is 5.75 Å². The minimum Gasteiger partial charge on any atom is -0.508 e. The molecule has 0 bridgehead atoms. The van der Waals surface area contributed by atoms with Gasteiger partial charge in [0, 0.05) is 17.5 Å². The topological polar surface area (TPSA) is 62.2 Å². The molecule has 4 heteroatoms. The van der Waals surface area contributed by atoms with E-state index < -0.39 is 0 Å². The lowest BCUT2D eigenvalue weighted by molar-refractivity contribution is 0.0939. The molecule has 1 heterocycles. The van der Waals surface area contributed by atoms with Crippen molar-refractivity contribution in [3.63, 3.8) is 0 Å². The molecule has 19 heavy (non-hydrogen) atoms. The largest absolute Gasteiger partial charge is 0.508 e. The number of rotatable bonds is 3. The molecule has 1 aromatic carbocycles. The Kier molecular flexibility index (Phi) is 3.80. The Hall–Kier alpha value is -2.36. The summed E-state index contributed by atoms with van der Waals surface area (Å²) in [6.45, 7) is 3.81. The van der Waals surface area contributed by atoms with Crippen molar-refractivity contribution in [1.82, 2.24) is 10.3 Å². The molecule has 2 rings (SSSR count). The van der Waals surface area contributed by atoms with E-state index in [1.807, 2.05) is 26.0 Å². The molecule has 2 aromatic rings. The summed E-state index contributed by atoms with van der Waals surface area (Å²) in [5, 5.41) is 12.2. The summed E-state index contributed by atoms with van der Waals surface area (Å²) in [6.07, 6.45) is 1.75. The summed E-state index contributed by atoms with van der Waals surface area (Å²) < 4.78 is 0. The molecule has 4 nitrogen and oxygen atoms in total. The maximum atomic E-state index is 12.0. The highest BCUT2D eigenvalue weighted by molar-refractivity contribution is 5.94. The summed E-state index contributed by atoms with van der Waals surface area (Å²) >= 11 is 0. The van der Waals surface area contributed by atoms with E-state index in [1.54, 1.807) is 18.3 Å². The fourth-order valence-corrected chi connectivity index (χ4v) is 1.75. The normalized spacial score (nSPS) is 11.9. The monoisotopic (exact) mass is 256 g/mol. The zero-order valence-electron chi connectivity index (χ0n) is 10.9. The SMILES string of the molecule is Cc1ccc([C@@H](C)NC(=O)c2cccc(O)c2)cn1. The van der Waals surface area contributed by atoms with Crippen LogP contribution in [0.5, 0.6) is 5.75 Å². The number of aryl methyl sites for hydroxylation is 1. The molecular weight excluding hydrogens is 240 g/mol. The van der Waals surface area contributed by atoms with E-state index in [-0.39, 0.29) is 17.7 Å². The molecular formula is C15H16N2O2. The molecule has 0 saturated carbocycles. The first kappa shape index (κ1) is 13.1. The third-order valence-electron chi connectivity index (χ3n) is 2.89. The third kappa shape index (κ3) is 3.31. The van der Waals surface area contributed by atoms with Crippen LogP contribution in [0.4, 0.5) is 0 Å². The van der Waals surface area contributed by atoms with Crippen LogP contribution in [0.25, 0.3) is 0 Å². The lowest BCUT2D eigenvalue weighted by Crippen LogP contribution is -2.26. The number of hydrogen-bond donors (Lipinski definition) is 2. The molecule has 0 spiro atoms. The number of carbonyl (C=O) groups is 1. The van der Waals surface area contributed by atoms with E-state index >= 15 is 0 Å². The van der Waals surface area contributed by atoms with Gasteiger partial charge in [0.25, 0.3) is 5.91 Å². The van der Waals surface area contributed by atoms with Crippen LogP contribution in [0.2, 0.25) is 0 Å². The average molecular weight is 256 g/mol. The number of aromatic hydroxyl groups is 1. The van der Waals surface area contributed by atoms with E-state index in [0.29, 0.717) is 5.56 Å². The van der Waals surface area contributed by atoms with Crippen molar-refractivity contribution in [3.05, 3.63) is 59.4 Å². The van der Waals surface area contributed by atoms with Crippen molar-refractivity contribution in [2.24, 2.45) is 0 Å². The quantitative estimate of drug-likeness (QED) is 0.887. The first-order valence-corrected chi connectivity index (χ1v) is 6.08. The predicted octanol–water partition coefficient (Wildman–Crippen LogP) is 2.59. The van der Waals surface area contributed by atoms with E-state index in [0.717, 1.165) is 11.3 Å². The fourth-order valence-electron chi connectivity index (χ4n) is 1.75. The Morgan fingerprint density at radius 2 is 2.11 bits per heavy atom. The maximum Gasteiger partial charge on any atom is 0.251 e. The zero-order valence-corrected chi connectivity index (χ0v) is 10.9. The Labute approximate surface area is 112 Å². The van der Waals surface area contributed by atoms with Crippen molar-refractivity contribution in [2.45, 2.75) is 19.9 Å². The number of aromatic nitrogens is 1. The summed E-state index contributed by atoms with van der Waals surface area (Å²) in [4.78, 5) is 16.2. The highest BCUT2D eigenvalue weighted by Crippen LogP contribution is 2.14. The summed E-state index contributed by atoms with van der Waals surface area (Å²) in [5.74, 6) is -0.138. The van der Waals surface area contributed by atoms with Crippen LogP contribution < -0.4 is 5.32 Å². The number of phenols is 1.